The van der Waals surface area contributed by atoms with Crippen LogP contribution >= 0.6 is 0 Å². The number of primary amides is 1. The predicted molar refractivity (Wildman–Crippen MR) is 85.7 cm³/mol. The summed E-state index contributed by atoms with van der Waals surface area (Å²) < 4.78 is 42.3. The third kappa shape index (κ3) is 4.51. The van der Waals surface area contributed by atoms with Crippen LogP contribution in [0.15, 0.2) is 30.6 Å². The number of rotatable bonds is 5. The lowest BCUT2D eigenvalue weighted by atomic mass is 9.97. The van der Waals surface area contributed by atoms with Crippen LogP contribution in [-0.4, -0.2) is 51.6 Å². The monoisotopic (exact) mass is 369 g/mol. The molecule has 1 aromatic heterocycles. The van der Waals surface area contributed by atoms with E-state index in [0.717, 1.165) is 19.4 Å². The number of amides is 1. The molecule has 26 heavy (non-hydrogen) atoms. The molecule has 1 aromatic carbocycles. The van der Waals surface area contributed by atoms with Crippen LogP contribution in [0.3, 0.4) is 0 Å². The minimum atomic E-state index is -4.73. The van der Waals surface area contributed by atoms with E-state index in [-0.39, 0.29) is 24.1 Å². The molecule has 10 heteroatoms. The van der Waals surface area contributed by atoms with Crippen molar-refractivity contribution >= 4 is 5.91 Å². The highest BCUT2D eigenvalue weighted by Gasteiger charge is 2.31. The number of piperidine rings is 1. The summed E-state index contributed by atoms with van der Waals surface area (Å²) in [5, 5.41) is 4.18. The molecule has 1 saturated heterocycles. The summed E-state index contributed by atoms with van der Waals surface area (Å²) in [7, 11) is 0. The van der Waals surface area contributed by atoms with Gasteiger partial charge >= 0.3 is 6.36 Å². The number of carbonyl (C=O) groups excluding carboxylic acids is 1. The molecule has 0 unspecified atom stereocenters. The molecule has 1 aliphatic heterocycles. The fourth-order valence-corrected chi connectivity index (χ4v) is 3.15. The minimum Gasteiger partial charge on any atom is -0.406 e. The number of hydrogen-bond acceptors (Lipinski definition) is 5. The second-order valence-electron chi connectivity index (χ2n) is 6.11. The second-order valence-corrected chi connectivity index (χ2v) is 6.11. The third-order valence-corrected chi connectivity index (χ3v) is 4.14. The molecular weight excluding hydrogens is 351 g/mol. The number of likely N-dealkylation sites (tertiary alicyclic amines) is 1. The average Bonchev–Trinajstić information content (AvgIpc) is 3.03. The summed E-state index contributed by atoms with van der Waals surface area (Å²) in [6, 6.07) is 5.44. The Kier molecular flexibility index (Phi) is 5.12. The molecule has 0 spiro atoms. The molecule has 1 amide bonds. The Morgan fingerprint density at radius 3 is 2.69 bits per heavy atom. The van der Waals surface area contributed by atoms with Gasteiger partial charge in [-0.3, -0.25) is 9.69 Å². The van der Waals surface area contributed by atoms with Crippen molar-refractivity contribution in [3.63, 3.8) is 0 Å². The number of hydrogen-bond donors (Lipinski definition) is 1. The highest BCUT2D eigenvalue weighted by atomic mass is 19.4. The van der Waals surface area contributed by atoms with Crippen molar-refractivity contribution in [2.45, 2.75) is 25.1 Å². The predicted octanol–water partition coefficient (Wildman–Crippen LogP) is 1.83. The van der Waals surface area contributed by atoms with Crippen LogP contribution in [0.25, 0.3) is 5.69 Å². The zero-order valence-electron chi connectivity index (χ0n) is 13.8. The van der Waals surface area contributed by atoms with Crippen molar-refractivity contribution in [1.29, 1.82) is 0 Å². The maximum absolute atomic E-state index is 12.3. The van der Waals surface area contributed by atoms with Gasteiger partial charge in [-0.15, -0.1) is 13.2 Å². The lowest BCUT2D eigenvalue weighted by Gasteiger charge is -2.31. The fraction of sp³-hybridized carbons (Fsp3) is 0.438. The zero-order valence-corrected chi connectivity index (χ0v) is 13.8. The van der Waals surface area contributed by atoms with Crippen LogP contribution in [0, 0.1) is 0 Å². The number of carbonyl (C=O) groups is 1. The van der Waals surface area contributed by atoms with Gasteiger partial charge in [0.15, 0.2) is 0 Å². The third-order valence-electron chi connectivity index (χ3n) is 4.14. The van der Waals surface area contributed by atoms with E-state index in [2.05, 4.69) is 14.8 Å². The molecule has 2 heterocycles. The molecule has 0 bridgehead atoms. The topological polar surface area (TPSA) is 86.3 Å². The second kappa shape index (κ2) is 7.32. The Morgan fingerprint density at radius 2 is 2.04 bits per heavy atom. The Labute approximate surface area is 147 Å². The molecule has 1 aliphatic rings. The quantitative estimate of drug-likeness (QED) is 0.869. The molecule has 7 nitrogen and oxygen atoms in total. The molecule has 3 rings (SSSR count). The molecule has 2 N–H and O–H groups in total. The van der Waals surface area contributed by atoms with Crippen molar-refractivity contribution in [3.8, 4) is 11.4 Å². The first-order chi connectivity index (χ1) is 12.3. The van der Waals surface area contributed by atoms with E-state index in [1.54, 1.807) is 4.68 Å². The summed E-state index contributed by atoms with van der Waals surface area (Å²) in [4.78, 5) is 17.4. The summed E-state index contributed by atoms with van der Waals surface area (Å²) in [6.45, 7) is 1.60. The summed E-state index contributed by atoms with van der Waals surface area (Å²) >= 11 is 0. The smallest absolute Gasteiger partial charge is 0.406 e. The van der Waals surface area contributed by atoms with Crippen LogP contribution in [0.4, 0.5) is 13.2 Å². The van der Waals surface area contributed by atoms with Crippen LogP contribution in [0.1, 0.15) is 24.6 Å². The summed E-state index contributed by atoms with van der Waals surface area (Å²) in [6.07, 6.45) is -1.55. The number of nitrogens with two attached hydrogens (primary N) is 1. The normalized spacial score (nSPS) is 18.7. The molecule has 0 radical (unpaired) electrons. The number of nitrogens with zero attached hydrogens (tertiary/aromatic N) is 4. The van der Waals surface area contributed by atoms with Gasteiger partial charge in [0.05, 0.1) is 12.2 Å². The Morgan fingerprint density at radius 1 is 1.31 bits per heavy atom. The van der Waals surface area contributed by atoms with Crippen molar-refractivity contribution < 1.29 is 22.7 Å². The molecule has 1 atom stereocenters. The lowest BCUT2D eigenvalue weighted by molar-refractivity contribution is -0.274. The van der Waals surface area contributed by atoms with E-state index in [1.165, 1.54) is 30.6 Å². The van der Waals surface area contributed by atoms with Gasteiger partial charge in [0.25, 0.3) is 0 Å². The summed E-state index contributed by atoms with van der Waals surface area (Å²) in [5.74, 6) is 0.0703. The molecule has 0 saturated carbocycles. The Bertz CT molecular complexity index is 760. The largest absolute Gasteiger partial charge is 0.573 e. The number of alkyl halides is 3. The van der Waals surface area contributed by atoms with Crippen LogP contribution in [0.2, 0.25) is 0 Å². The maximum atomic E-state index is 12.3. The molecular formula is C16H18F3N5O2. The van der Waals surface area contributed by atoms with E-state index >= 15 is 0 Å². The first kappa shape index (κ1) is 18.2. The maximum Gasteiger partial charge on any atom is 0.573 e. The van der Waals surface area contributed by atoms with E-state index in [4.69, 9.17) is 5.73 Å². The molecule has 0 aliphatic carbocycles. The van der Waals surface area contributed by atoms with Crippen LogP contribution in [0.5, 0.6) is 5.75 Å². The number of benzene rings is 1. The molecule has 1 fully saturated rings. The van der Waals surface area contributed by atoms with E-state index in [0.29, 0.717) is 18.1 Å². The first-order valence-electron chi connectivity index (χ1n) is 8.08. The SMILES string of the molecule is NC(=O)CN1CCC[C@@H](c2ncnn2-c2ccc(OC(F)(F)F)cc2)C1. The highest BCUT2D eigenvalue weighted by molar-refractivity contribution is 5.75. The van der Waals surface area contributed by atoms with E-state index < -0.39 is 6.36 Å². The van der Waals surface area contributed by atoms with Gasteiger partial charge in [0.2, 0.25) is 5.91 Å². The van der Waals surface area contributed by atoms with Crippen molar-refractivity contribution in [3.05, 3.63) is 36.4 Å². The average molecular weight is 369 g/mol. The highest BCUT2D eigenvalue weighted by Crippen LogP contribution is 2.28. The van der Waals surface area contributed by atoms with Crippen molar-refractivity contribution in [1.82, 2.24) is 19.7 Å². The van der Waals surface area contributed by atoms with Gasteiger partial charge in [-0.05, 0) is 43.7 Å². The van der Waals surface area contributed by atoms with Crippen LogP contribution in [-0.2, 0) is 4.79 Å². The Balaban J connectivity index is 1.77. The van der Waals surface area contributed by atoms with Crippen molar-refractivity contribution in [2.24, 2.45) is 5.73 Å². The van der Waals surface area contributed by atoms with Crippen LogP contribution < -0.4 is 10.5 Å². The van der Waals surface area contributed by atoms with Crippen molar-refractivity contribution in [2.75, 3.05) is 19.6 Å². The first-order valence-corrected chi connectivity index (χ1v) is 8.08. The van der Waals surface area contributed by atoms with Gasteiger partial charge in [-0.1, -0.05) is 0 Å². The van der Waals surface area contributed by atoms with Gasteiger partial charge in [-0.25, -0.2) is 9.67 Å². The van der Waals surface area contributed by atoms with Gasteiger partial charge in [0.1, 0.15) is 17.9 Å². The van der Waals surface area contributed by atoms with Gasteiger partial charge in [0, 0.05) is 12.5 Å². The molecule has 2 aromatic rings. The standard InChI is InChI=1S/C16H18F3N5O2/c17-16(18,19)26-13-5-3-12(4-6-13)24-15(21-10-22-24)11-2-1-7-23(8-11)9-14(20)25/h3-6,10-11H,1-2,7-9H2,(H2,20,25)/t11-/m1/s1. The zero-order chi connectivity index (χ0) is 18.7. The van der Waals surface area contributed by atoms with E-state index in [9.17, 15) is 18.0 Å². The minimum absolute atomic E-state index is 0.0525. The number of ether oxygens (including phenoxy) is 1. The van der Waals surface area contributed by atoms with Gasteiger partial charge in [-0.2, -0.15) is 5.10 Å². The summed E-state index contributed by atoms with van der Waals surface area (Å²) in [5.41, 5.74) is 5.84. The van der Waals surface area contributed by atoms with E-state index in [1.807, 2.05) is 4.90 Å². The fourth-order valence-electron chi connectivity index (χ4n) is 3.15. The number of aromatic nitrogens is 3. The molecule has 140 valence electrons. The van der Waals surface area contributed by atoms with Gasteiger partial charge < -0.3 is 10.5 Å². The Hall–Kier alpha value is -2.62. The number of halogens is 3. The lowest BCUT2D eigenvalue weighted by Crippen LogP contribution is -2.40.